The number of nitrogens with one attached hydrogen (secondary N) is 1. The molecule has 0 saturated carbocycles. The van der Waals surface area contributed by atoms with Gasteiger partial charge in [0.25, 0.3) is 0 Å². The molecule has 1 N–H and O–H groups in total. The molecule has 2 nitrogen and oxygen atoms in total. The van der Waals surface area contributed by atoms with Crippen LogP contribution in [0.2, 0.25) is 0 Å². The fourth-order valence-electron chi connectivity index (χ4n) is 2.28. The van der Waals surface area contributed by atoms with E-state index in [4.69, 9.17) is 4.74 Å². The number of hydrogen-bond donors (Lipinski definition) is 1. The number of rotatable bonds is 1. The number of fused-ring (bicyclic) bond motifs is 1. The van der Waals surface area contributed by atoms with E-state index >= 15 is 0 Å². The van der Waals surface area contributed by atoms with Gasteiger partial charge in [0.1, 0.15) is 18.2 Å². The van der Waals surface area contributed by atoms with Crippen LogP contribution in [-0.2, 0) is 0 Å². The Morgan fingerprint density at radius 2 is 1.83 bits per heavy atom. The van der Waals surface area contributed by atoms with Crippen LogP contribution < -0.4 is 10.1 Å². The van der Waals surface area contributed by atoms with Crippen LogP contribution in [0.5, 0.6) is 5.75 Å². The van der Waals surface area contributed by atoms with Gasteiger partial charge in [-0.3, -0.25) is 0 Å². The van der Waals surface area contributed by atoms with E-state index in [-0.39, 0.29) is 11.9 Å². The normalized spacial score (nSPS) is 18.6. The highest BCUT2D eigenvalue weighted by atomic mass is 19.1. The molecule has 0 saturated heterocycles. The molecule has 1 aliphatic heterocycles. The number of hydrogen-bond acceptors (Lipinski definition) is 2. The van der Waals surface area contributed by atoms with E-state index in [0.717, 1.165) is 23.4 Å². The molecule has 0 unspecified atom stereocenters. The number of halogens is 1. The Labute approximate surface area is 105 Å². The van der Waals surface area contributed by atoms with E-state index < -0.39 is 0 Å². The van der Waals surface area contributed by atoms with Crippen molar-refractivity contribution >= 4 is 0 Å². The number of para-hydroxylation sites is 1. The van der Waals surface area contributed by atoms with E-state index in [1.807, 2.05) is 36.4 Å². The summed E-state index contributed by atoms with van der Waals surface area (Å²) in [6, 6.07) is 14.6. The van der Waals surface area contributed by atoms with Crippen molar-refractivity contribution in [3.05, 3.63) is 65.5 Å². The molecule has 0 amide bonds. The zero-order chi connectivity index (χ0) is 12.4. The van der Waals surface area contributed by atoms with Crippen LogP contribution in [0.25, 0.3) is 0 Å². The molecule has 1 atom stereocenters. The first-order chi connectivity index (χ1) is 8.84. The van der Waals surface area contributed by atoms with E-state index in [1.54, 1.807) is 0 Å². The molecule has 0 spiro atoms. The van der Waals surface area contributed by atoms with Gasteiger partial charge in [-0.05, 0) is 23.8 Å². The van der Waals surface area contributed by atoms with Gasteiger partial charge in [-0.25, -0.2) is 4.39 Å². The molecular formula is C15H14FNO. The molecule has 2 aromatic rings. The first-order valence-electron chi connectivity index (χ1n) is 6.05. The molecule has 2 aromatic carbocycles. The largest absolute Gasteiger partial charge is 0.492 e. The standard InChI is InChI=1S/C15H14FNO/c16-12-7-5-11(6-8-12)15-13-3-1-2-4-14(13)18-10-9-17-15/h1-8,15,17H,9-10H2/t15-/m1/s1. The second kappa shape index (κ2) is 4.78. The first-order valence-corrected chi connectivity index (χ1v) is 6.05. The molecule has 92 valence electrons. The smallest absolute Gasteiger partial charge is 0.124 e. The second-order valence-electron chi connectivity index (χ2n) is 4.32. The summed E-state index contributed by atoms with van der Waals surface area (Å²) in [5.74, 6) is 0.689. The molecule has 3 heteroatoms. The van der Waals surface area contributed by atoms with Crippen LogP contribution >= 0.6 is 0 Å². The first kappa shape index (κ1) is 11.2. The maximum atomic E-state index is 13.0. The lowest BCUT2D eigenvalue weighted by Gasteiger charge is -2.18. The van der Waals surface area contributed by atoms with Crippen molar-refractivity contribution in [1.82, 2.24) is 5.32 Å². The van der Waals surface area contributed by atoms with Crippen molar-refractivity contribution in [2.45, 2.75) is 6.04 Å². The van der Waals surface area contributed by atoms with Crippen molar-refractivity contribution in [1.29, 1.82) is 0 Å². The van der Waals surface area contributed by atoms with Crippen LogP contribution in [0.1, 0.15) is 17.2 Å². The number of benzene rings is 2. The lowest BCUT2D eigenvalue weighted by atomic mass is 9.98. The van der Waals surface area contributed by atoms with Gasteiger partial charge >= 0.3 is 0 Å². The molecular weight excluding hydrogens is 229 g/mol. The molecule has 0 fully saturated rings. The van der Waals surface area contributed by atoms with Gasteiger partial charge in [-0.2, -0.15) is 0 Å². The average Bonchev–Trinajstić information content (AvgIpc) is 2.62. The maximum absolute atomic E-state index is 13.0. The van der Waals surface area contributed by atoms with E-state index in [9.17, 15) is 4.39 Å². The molecule has 0 aliphatic carbocycles. The predicted molar refractivity (Wildman–Crippen MR) is 68.2 cm³/mol. The number of ether oxygens (including phenoxy) is 1. The summed E-state index contributed by atoms with van der Waals surface area (Å²) in [5.41, 5.74) is 2.15. The highest BCUT2D eigenvalue weighted by molar-refractivity contribution is 5.42. The zero-order valence-corrected chi connectivity index (χ0v) is 9.90. The minimum absolute atomic E-state index is 0.0595. The van der Waals surface area contributed by atoms with Crippen LogP contribution in [0.3, 0.4) is 0 Å². The Kier molecular flexibility index (Phi) is 2.99. The highest BCUT2D eigenvalue weighted by Crippen LogP contribution is 2.31. The molecule has 0 bridgehead atoms. The summed E-state index contributed by atoms with van der Waals surface area (Å²) >= 11 is 0. The summed E-state index contributed by atoms with van der Waals surface area (Å²) in [6.45, 7) is 1.42. The molecule has 0 radical (unpaired) electrons. The molecule has 1 aliphatic rings. The minimum atomic E-state index is -0.211. The van der Waals surface area contributed by atoms with Gasteiger partial charge in [-0.15, -0.1) is 0 Å². The van der Waals surface area contributed by atoms with Crippen LogP contribution in [0.15, 0.2) is 48.5 Å². The summed E-state index contributed by atoms with van der Waals surface area (Å²) in [4.78, 5) is 0. The van der Waals surface area contributed by atoms with Gasteiger partial charge in [0.2, 0.25) is 0 Å². The van der Waals surface area contributed by atoms with E-state index in [2.05, 4.69) is 5.32 Å². The topological polar surface area (TPSA) is 21.3 Å². The fraction of sp³-hybridized carbons (Fsp3) is 0.200. The van der Waals surface area contributed by atoms with Crippen molar-refractivity contribution in [2.75, 3.05) is 13.2 Å². The van der Waals surface area contributed by atoms with Gasteiger partial charge in [-0.1, -0.05) is 30.3 Å². The highest BCUT2D eigenvalue weighted by Gasteiger charge is 2.20. The summed E-state index contributed by atoms with van der Waals surface area (Å²) in [7, 11) is 0. The van der Waals surface area contributed by atoms with Crippen LogP contribution in [0.4, 0.5) is 4.39 Å². The van der Waals surface area contributed by atoms with Gasteiger partial charge in [0.05, 0.1) is 6.04 Å². The lowest BCUT2D eigenvalue weighted by molar-refractivity contribution is 0.325. The van der Waals surface area contributed by atoms with Crippen LogP contribution in [-0.4, -0.2) is 13.2 Å². The molecule has 18 heavy (non-hydrogen) atoms. The zero-order valence-electron chi connectivity index (χ0n) is 9.90. The second-order valence-corrected chi connectivity index (χ2v) is 4.32. The van der Waals surface area contributed by atoms with Crippen molar-refractivity contribution in [2.24, 2.45) is 0 Å². The van der Waals surface area contributed by atoms with Crippen molar-refractivity contribution < 1.29 is 9.13 Å². The third-order valence-corrected chi connectivity index (χ3v) is 3.14. The molecule has 3 rings (SSSR count). The predicted octanol–water partition coefficient (Wildman–Crippen LogP) is 2.90. The van der Waals surface area contributed by atoms with Crippen molar-refractivity contribution in [3.63, 3.8) is 0 Å². The van der Waals surface area contributed by atoms with Gasteiger partial charge in [0.15, 0.2) is 0 Å². The van der Waals surface area contributed by atoms with Crippen LogP contribution in [0, 0.1) is 5.82 Å². The fourth-order valence-corrected chi connectivity index (χ4v) is 2.28. The maximum Gasteiger partial charge on any atom is 0.124 e. The SMILES string of the molecule is Fc1ccc([C@H]2NCCOc3ccccc32)cc1. The Hall–Kier alpha value is -1.87. The third kappa shape index (κ3) is 2.09. The Morgan fingerprint density at radius 1 is 1.06 bits per heavy atom. The quantitative estimate of drug-likeness (QED) is 0.831. The monoisotopic (exact) mass is 243 g/mol. The van der Waals surface area contributed by atoms with E-state index in [0.29, 0.717) is 6.61 Å². The van der Waals surface area contributed by atoms with E-state index in [1.165, 1.54) is 12.1 Å². The summed E-state index contributed by atoms with van der Waals surface area (Å²) in [6.07, 6.45) is 0. The Morgan fingerprint density at radius 3 is 2.67 bits per heavy atom. The summed E-state index contributed by atoms with van der Waals surface area (Å²) in [5, 5.41) is 3.43. The molecule has 1 heterocycles. The third-order valence-electron chi connectivity index (χ3n) is 3.14. The Bertz CT molecular complexity index is 538. The van der Waals surface area contributed by atoms with Gasteiger partial charge in [0, 0.05) is 12.1 Å². The average molecular weight is 243 g/mol. The Balaban J connectivity index is 2.03. The molecule has 0 aromatic heterocycles. The lowest BCUT2D eigenvalue weighted by Crippen LogP contribution is -2.23. The summed E-state index contributed by atoms with van der Waals surface area (Å²) < 4.78 is 18.7. The minimum Gasteiger partial charge on any atom is -0.492 e. The van der Waals surface area contributed by atoms with Crippen molar-refractivity contribution in [3.8, 4) is 5.75 Å². The van der Waals surface area contributed by atoms with Gasteiger partial charge < -0.3 is 10.1 Å².